The van der Waals surface area contributed by atoms with Crippen LogP contribution < -0.4 is 20.9 Å². The van der Waals surface area contributed by atoms with Gasteiger partial charge in [-0.1, -0.05) is 23.5 Å². The van der Waals surface area contributed by atoms with Crippen molar-refractivity contribution in [3.05, 3.63) is 65.2 Å². The third kappa shape index (κ3) is 7.94. The monoisotopic (exact) mass is 494 g/mol. The number of urea groups is 1. The first-order chi connectivity index (χ1) is 17.0. The molecule has 0 atom stereocenters. The predicted molar refractivity (Wildman–Crippen MR) is 131 cm³/mol. The molecule has 3 aromatic rings. The molecule has 0 fully saturated rings. The summed E-state index contributed by atoms with van der Waals surface area (Å²) in [5.41, 5.74) is 1.31. The number of hydrogen-bond donors (Lipinski definition) is 3. The molecule has 1 aromatic carbocycles. The Morgan fingerprint density at radius 3 is 2.57 bits per heavy atom. The lowest BCUT2D eigenvalue weighted by atomic mass is 10.1. The average Bonchev–Trinajstić information content (AvgIpc) is 3.55. The summed E-state index contributed by atoms with van der Waals surface area (Å²) in [7, 11) is 0. The molecule has 0 bridgehead atoms. The van der Waals surface area contributed by atoms with Crippen molar-refractivity contribution in [3.8, 4) is 6.07 Å². The average molecular weight is 495 g/mol. The molecule has 0 unspecified atom stereocenters. The number of aromatic nitrogens is 3. The molecule has 0 aliphatic heterocycles. The van der Waals surface area contributed by atoms with Crippen LogP contribution in [0, 0.1) is 11.3 Å². The van der Waals surface area contributed by atoms with Gasteiger partial charge in [0.25, 0.3) is 5.91 Å². The molecule has 0 saturated heterocycles. The van der Waals surface area contributed by atoms with E-state index in [2.05, 4.69) is 32.0 Å². The minimum atomic E-state index is -0.415. The van der Waals surface area contributed by atoms with Gasteiger partial charge in [0.1, 0.15) is 4.88 Å². The van der Waals surface area contributed by atoms with Gasteiger partial charge in [-0.2, -0.15) is 5.26 Å². The molecular weight excluding hydrogens is 468 g/mol. The molecule has 0 saturated carbocycles. The molecule has 2 aromatic heterocycles. The SMILES string of the molecule is CC(=O)NCCNC(=O)N(Cc1ccc(C#N)cc1)c1ncc(C(=O)NCCCn2ccnc2)s1. The standard InChI is InChI=1S/C23H26N8O3S/c1-17(32)26-8-9-28-22(34)31(15-19-5-3-18(13-24)4-6-19)23-29-14-20(35-23)21(33)27-7-2-11-30-12-10-25-16-30/h3-6,10,12,14,16H,2,7-9,11,15H2,1H3,(H,26,32)(H,27,33)(H,28,34). The van der Waals surface area contributed by atoms with Gasteiger partial charge in [-0.15, -0.1) is 0 Å². The van der Waals surface area contributed by atoms with Crippen molar-refractivity contribution in [2.24, 2.45) is 0 Å². The van der Waals surface area contributed by atoms with Crippen LogP contribution in [0.1, 0.15) is 34.1 Å². The number of imidazole rings is 1. The van der Waals surface area contributed by atoms with Gasteiger partial charge >= 0.3 is 6.03 Å². The van der Waals surface area contributed by atoms with E-state index in [9.17, 15) is 14.4 Å². The highest BCUT2D eigenvalue weighted by molar-refractivity contribution is 7.17. The number of anilines is 1. The van der Waals surface area contributed by atoms with Gasteiger partial charge in [0.15, 0.2) is 5.13 Å². The maximum absolute atomic E-state index is 12.9. The van der Waals surface area contributed by atoms with Crippen molar-refractivity contribution < 1.29 is 14.4 Å². The van der Waals surface area contributed by atoms with Crippen molar-refractivity contribution in [2.45, 2.75) is 26.4 Å². The van der Waals surface area contributed by atoms with Crippen LogP contribution >= 0.6 is 11.3 Å². The molecule has 3 N–H and O–H groups in total. The van der Waals surface area contributed by atoms with E-state index in [4.69, 9.17) is 5.26 Å². The zero-order valence-corrected chi connectivity index (χ0v) is 20.0. The summed E-state index contributed by atoms with van der Waals surface area (Å²) in [6.45, 7) is 3.35. The maximum atomic E-state index is 12.9. The molecular formula is C23H26N8O3S. The number of nitrogens with one attached hydrogen (secondary N) is 3. The summed E-state index contributed by atoms with van der Waals surface area (Å²) >= 11 is 1.11. The van der Waals surface area contributed by atoms with Gasteiger partial charge in [0, 0.05) is 45.5 Å². The Morgan fingerprint density at radius 1 is 1.11 bits per heavy atom. The Hall–Kier alpha value is -4.24. The maximum Gasteiger partial charge on any atom is 0.324 e. The molecule has 0 aliphatic rings. The second kappa shape index (κ2) is 12.9. The lowest BCUT2D eigenvalue weighted by Crippen LogP contribution is -2.42. The normalized spacial score (nSPS) is 10.3. The van der Waals surface area contributed by atoms with E-state index in [0.717, 1.165) is 29.9 Å². The van der Waals surface area contributed by atoms with Crippen LogP contribution in [0.25, 0.3) is 0 Å². The number of thiazole rings is 1. The Morgan fingerprint density at radius 2 is 1.89 bits per heavy atom. The van der Waals surface area contributed by atoms with Crippen molar-refractivity contribution in [1.29, 1.82) is 5.26 Å². The minimum Gasteiger partial charge on any atom is -0.355 e. The fraction of sp³-hybridized carbons (Fsp3) is 0.304. The van der Waals surface area contributed by atoms with Crippen LogP contribution in [-0.4, -0.2) is 52.0 Å². The van der Waals surface area contributed by atoms with Crippen LogP contribution in [0.5, 0.6) is 0 Å². The third-order valence-corrected chi connectivity index (χ3v) is 5.85. The summed E-state index contributed by atoms with van der Waals surface area (Å²) in [6.07, 6.45) is 7.48. The van der Waals surface area contributed by atoms with Crippen LogP contribution in [0.4, 0.5) is 9.93 Å². The molecule has 0 aliphatic carbocycles. The summed E-state index contributed by atoms with van der Waals surface area (Å²) in [6, 6.07) is 8.52. The number of hydrogen-bond acceptors (Lipinski definition) is 7. The molecule has 2 heterocycles. The van der Waals surface area contributed by atoms with Crippen molar-refractivity contribution >= 4 is 34.3 Å². The highest BCUT2D eigenvalue weighted by Crippen LogP contribution is 2.24. The van der Waals surface area contributed by atoms with Crippen molar-refractivity contribution in [3.63, 3.8) is 0 Å². The summed E-state index contributed by atoms with van der Waals surface area (Å²) in [4.78, 5) is 46.6. The number of benzene rings is 1. The van der Waals surface area contributed by atoms with E-state index in [1.165, 1.54) is 18.0 Å². The summed E-state index contributed by atoms with van der Waals surface area (Å²) in [5, 5.41) is 17.6. The molecule has 35 heavy (non-hydrogen) atoms. The Kier molecular flexibility index (Phi) is 9.32. The molecule has 0 radical (unpaired) electrons. The number of nitriles is 1. The van der Waals surface area contributed by atoms with Crippen LogP contribution in [0.15, 0.2) is 49.2 Å². The topological polar surface area (TPSA) is 145 Å². The second-order valence-electron chi connectivity index (χ2n) is 7.53. The highest BCUT2D eigenvalue weighted by Gasteiger charge is 2.21. The summed E-state index contributed by atoms with van der Waals surface area (Å²) in [5.74, 6) is -0.446. The number of rotatable bonds is 11. The first-order valence-electron chi connectivity index (χ1n) is 10.9. The fourth-order valence-corrected chi connectivity index (χ4v) is 3.89. The number of nitrogens with zero attached hydrogens (tertiary/aromatic N) is 5. The van der Waals surface area contributed by atoms with Gasteiger partial charge in [-0.25, -0.2) is 14.8 Å². The third-order valence-electron chi connectivity index (χ3n) is 4.83. The van der Waals surface area contributed by atoms with E-state index >= 15 is 0 Å². The molecule has 11 nitrogen and oxygen atoms in total. The first kappa shape index (κ1) is 25.4. The minimum absolute atomic E-state index is 0.186. The van der Waals surface area contributed by atoms with Crippen LogP contribution in [-0.2, 0) is 17.9 Å². The number of carbonyl (C=O) groups is 3. The van der Waals surface area contributed by atoms with Gasteiger partial charge in [-0.05, 0) is 24.1 Å². The van der Waals surface area contributed by atoms with Crippen LogP contribution in [0.3, 0.4) is 0 Å². The number of amides is 4. The highest BCUT2D eigenvalue weighted by atomic mass is 32.1. The molecule has 3 rings (SSSR count). The van der Waals surface area contributed by atoms with Crippen molar-refractivity contribution in [1.82, 2.24) is 30.5 Å². The van der Waals surface area contributed by atoms with Gasteiger partial charge in [0.05, 0.1) is 30.7 Å². The zero-order chi connectivity index (χ0) is 25.0. The predicted octanol–water partition coefficient (Wildman–Crippen LogP) is 1.88. The summed E-state index contributed by atoms with van der Waals surface area (Å²) < 4.78 is 1.93. The van der Waals surface area contributed by atoms with E-state index in [1.54, 1.807) is 36.8 Å². The van der Waals surface area contributed by atoms with Gasteiger partial charge in [0.2, 0.25) is 5.91 Å². The lowest BCUT2D eigenvalue weighted by Gasteiger charge is -2.20. The second-order valence-corrected chi connectivity index (χ2v) is 8.54. The molecule has 0 spiro atoms. The van der Waals surface area contributed by atoms with Gasteiger partial charge in [-0.3, -0.25) is 14.5 Å². The van der Waals surface area contributed by atoms with E-state index in [1.807, 2.05) is 10.8 Å². The van der Waals surface area contributed by atoms with Gasteiger partial charge < -0.3 is 20.5 Å². The number of carbonyl (C=O) groups excluding carboxylic acids is 3. The first-order valence-corrected chi connectivity index (χ1v) is 11.8. The lowest BCUT2D eigenvalue weighted by molar-refractivity contribution is -0.118. The smallest absolute Gasteiger partial charge is 0.324 e. The van der Waals surface area contributed by atoms with Crippen LogP contribution in [0.2, 0.25) is 0 Å². The largest absolute Gasteiger partial charge is 0.355 e. The Bertz CT molecular complexity index is 1170. The zero-order valence-electron chi connectivity index (χ0n) is 19.2. The molecule has 12 heteroatoms. The Labute approximate surface area is 206 Å². The Balaban J connectivity index is 1.64. The fourth-order valence-electron chi connectivity index (χ4n) is 3.06. The number of aryl methyl sites for hydroxylation is 1. The molecule has 182 valence electrons. The van der Waals surface area contributed by atoms with E-state index < -0.39 is 6.03 Å². The quantitative estimate of drug-likeness (QED) is 0.347. The molecule has 4 amide bonds. The van der Waals surface area contributed by atoms with E-state index in [0.29, 0.717) is 22.1 Å². The van der Waals surface area contributed by atoms with Crippen molar-refractivity contribution in [2.75, 3.05) is 24.5 Å². The van der Waals surface area contributed by atoms with E-state index in [-0.39, 0.29) is 31.4 Å².